The zero-order valence-corrected chi connectivity index (χ0v) is 19.5. The highest BCUT2D eigenvalue weighted by Crippen LogP contribution is 2.35. The molecular formula is C25H19F2N9O. The van der Waals surface area contributed by atoms with Gasteiger partial charge in [-0.15, -0.1) is 5.10 Å². The predicted molar refractivity (Wildman–Crippen MR) is 129 cm³/mol. The first-order valence-electron chi connectivity index (χ1n) is 11.5. The van der Waals surface area contributed by atoms with Gasteiger partial charge in [0.1, 0.15) is 30.2 Å². The first-order valence-corrected chi connectivity index (χ1v) is 11.5. The molecule has 1 saturated heterocycles. The number of ether oxygens (including phenoxy) is 1. The number of anilines is 2. The summed E-state index contributed by atoms with van der Waals surface area (Å²) >= 11 is 0. The standard InChI is InChI=1S/C25H19F2N9O/c1-14-7-16(11-28)34-36(14)25-17(22-8-15(26)12-37-22)4-5-24(32-25)35-13-29-20-10-19(18(27)9-21(20)35)31-23-3-2-6-30-33-23/h2-7,9-10,13,15,22H,8,12H2,1H3,(H,31,33)/t15-,22-/m0/s1. The van der Waals surface area contributed by atoms with Gasteiger partial charge in [-0.05, 0) is 43.3 Å². The van der Waals surface area contributed by atoms with Crippen LogP contribution in [0.25, 0.3) is 22.7 Å². The molecule has 1 fully saturated rings. The summed E-state index contributed by atoms with van der Waals surface area (Å²) in [6.07, 6.45) is 1.69. The Bertz CT molecular complexity index is 1660. The predicted octanol–water partition coefficient (Wildman–Crippen LogP) is 4.26. The van der Waals surface area contributed by atoms with Crippen LogP contribution in [0.3, 0.4) is 0 Å². The van der Waals surface area contributed by atoms with Crippen LogP contribution in [0.15, 0.2) is 55.0 Å². The maximum Gasteiger partial charge on any atom is 0.163 e. The van der Waals surface area contributed by atoms with Crippen molar-refractivity contribution in [3.63, 3.8) is 0 Å². The number of nitriles is 1. The summed E-state index contributed by atoms with van der Waals surface area (Å²) in [6.45, 7) is 1.80. The number of nitrogens with zero attached hydrogens (tertiary/aromatic N) is 8. The third kappa shape index (κ3) is 4.15. The molecule has 0 amide bonds. The minimum Gasteiger partial charge on any atom is -0.370 e. The van der Waals surface area contributed by atoms with E-state index in [2.05, 4.69) is 25.6 Å². The highest BCUT2D eigenvalue weighted by Gasteiger charge is 2.30. The minimum absolute atomic E-state index is 0.00373. The monoisotopic (exact) mass is 499 g/mol. The van der Waals surface area contributed by atoms with Gasteiger partial charge in [0, 0.05) is 29.9 Å². The van der Waals surface area contributed by atoms with Crippen molar-refractivity contribution in [2.75, 3.05) is 11.9 Å². The molecule has 6 rings (SSSR count). The topological polar surface area (TPSA) is 119 Å². The van der Waals surface area contributed by atoms with Crippen molar-refractivity contribution < 1.29 is 13.5 Å². The molecule has 0 bridgehead atoms. The summed E-state index contributed by atoms with van der Waals surface area (Å²) in [6, 6.07) is 13.5. The van der Waals surface area contributed by atoms with Crippen molar-refractivity contribution in [3.05, 3.63) is 77.8 Å². The molecule has 1 aliphatic heterocycles. The zero-order chi connectivity index (χ0) is 25.5. The second-order valence-electron chi connectivity index (χ2n) is 8.60. The van der Waals surface area contributed by atoms with Gasteiger partial charge in [0.25, 0.3) is 0 Å². The molecule has 0 aliphatic carbocycles. The molecule has 1 N–H and O–H groups in total. The molecule has 10 nitrogen and oxygen atoms in total. The third-order valence-corrected chi connectivity index (χ3v) is 6.11. The number of benzene rings is 1. The molecule has 0 unspecified atom stereocenters. The summed E-state index contributed by atoms with van der Waals surface area (Å²) in [7, 11) is 0. The highest BCUT2D eigenvalue weighted by molar-refractivity contribution is 5.82. The largest absolute Gasteiger partial charge is 0.370 e. The first-order chi connectivity index (χ1) is 18.0. The number of hydrogen-bond acceptors (Lipinski definition) is 8. The van der Waals surface area contributed by atoms with Crippen LogP contribution in [-0.4, -0.2) is 47.3 Å². The number of alkyl halides is 1. The smallest absolute Gasteiger partial charge is 0.163 e. The molecule has 0 saturated carbocycles. The van der Waals surface area contributed by atoms with Crippen LogP contribution in [0.5, 0.6) is 0 Å². The van der Waals surface area contributed by atoms with E-state index in [0.29, 0.717) is 39.7 Å². The van der Waals surface area contributed by atoms with Crippen molar-refractivity contribution in [2.45, 2.75) is 25.6 Å². The maximum absolute atomic E-state index is 15.1. The van der Waals surface area contributed by atoms with Crippen LogP contribution in [0.4, 0.5) is 20.3 Å². The van der Waals surface area contributed by atoms with E-state index >= 15 is 4.39 Å². The number of halogens is 2. The number of fused-ring (bicyclic) bond motifs is 1. The highest BCUT2D eigenvalue weighted by atomic mass is 19.1. The molecule has 5 heterocycles. The average molecular weight is 499 g/mol. The van der Waals surface area contributed by atoms with Gasteiger partial charge in [-0.2, -0.15) is 15.5 Å². The molecule has 1 aromatic carbocycles. The maximum atomic E-state index is 15.1. The zero-order valence-electron chi connectivity index (χ0n) is 19.5. The van der Waals surface area contributed by atoms with Gasteiger partial charge in [0.05, 0.1) is 29.4 Å². The molecule has 1 aliphatic rings. The normalized spacial score (nSPS) is 17.2. The van der Waals surface area contributed by atoms with Crippen molar-refractivity contribution in [1.29, 1.82) is 5.26 Å². The Labute approximate surface area is 209 Å². The lowest BCUT2D eigenvalue weighted by Gasteiger charge is -2.17. The molecule has 5 aromatic rings. The summed E-state index contributed by atoms with van der Waals surface area (Å²) in [5.74, 6) is 0.738. The third-order valence-electron chi connectivity index (χ3n) is 6.11. The quantitative estimate of drug-likeness (QED) is 0.381. The van der Waals surface area contributed by atoms with E-state index < -0.39 is 18.1 Å². The van der Waals surface area contributed by atoms with Crippen LogP contribution < -0.4 is 5.32 Å². The van der Waals surface area contributed by atoms with Crippen LogP contribution in [0.1, 0.15) is 29.5 Å². The Morgan fingerprint density at radius 1 is 1.22 bits per heavy atom. The lowest BCUT2D eigenvalue weighted by Crippen LogP contribution is -2.12. The van der Waals surface area contributed by atoms with Crippen molar-refractivity contribution in [1.82, 2.24) is 34.5 Å². The molecule has 12 heteroatoms. The molecule has 2 atom stereocenters. The van der Waals surface area contributed by atoms with Crippen molar-refractivity contribution >= 4 is 22.5 Å². The number of nitrogens with one attached hydrogen (secondary N) is 1. The fourth-order valence-corrected chi connectivity index (χ4v) is 4.37. The molecule has 4 aromatic heterocycles. The summed E-state index contributed by atoms with van der Waals surface area (Å²) in [4.78, 5) is 9.21. The van der Waals surface area contributed by atoms with Gasteiger partial charge in [-0.25, -0.2) is 23.4 Å². The molecule has 37 heavy (non-hydrogen) atoms. The van der Waals surface area contributed by atoms with Crippen LogP contribution >= 0.6 is 0 Å². The van der Waals surface area contributed by atoms with Crippen molar-refractivity contribution in [3.8, 4) is 17.7 Å². The number of aryl methyl sites for hydroxylation is 1. The van der Waals surface area contributed by atoms with Gasteiger partial charge >= 0.3 is 0 Å². The van der Waals surface area contributed by atoms with Gasteiger partial charge in [0.2, 0.25) is 0 Å². The number of imidazole rings is 1. The fraction of sp³-hybridized carbons (Fsp3) is 0.200. The van der Waals surface area contributed by atoms with E-state index in [4.69, 9.17) is 9.72 Å². The second-order valence-corrected chi connectivity index (χ2v) is 8.60. The Kier molecular flexibility index (Phi) is 5.54. The van der Waals surface area contributed by atoms with Gasteiger partial charge < -0.3 is 10.1 Å². The first kappa shape index (κ1) is 22.7. The summed E-state index contributed by atoms with van der Waals surface area (Å²) < 4.78 is 37.8. The van der Waals surface area contributed by atoms with E-state index in [-0.39, 0.29) is 24.4 Å². The molecule has 0 spiro atoms. The van der Waals surface area contributed by atoms with E-state index in [1.54, 1.807) is 54.2 Å². The second kappa shape index (κ2) is 9.03. The Hall–Kier alpha value is -4.76. The van der Waals surface area contributed by atoms with Gasteiger partial charge in [-0.3, -0.25) is 4.57 Å². The van der Waals surface area contributed by atoms with Crippen LogP contribution in [-0.2, 0) is 4.74 Å². The summed E-state index contributed by atoms with van der Waals surface area (Å²) in [5, 5.41) is 24.3. The Morgan fingerprint density at radius 2 is 2.11 bits per heavy atom. The summed E-state index contributed by atoms with van der Waals surface area (Å²) in [5.41, 5.74) is 2.78. The van der Waals surface area contributed by atoms with Gasteiger partial charge in [0.15, 0.2) is 17.3 Å². The van der Waals surface area contributed by atoms with E-state index in [1.807, 2.05) is 6.07 Å². The lowest BCUT2D eigenvalue weighted by molar-refractivity contribution is 0.103. The Morgan fingerprint density at radius 3 is 2.84 bits per heavy atom. The van der Waals surface area contributed by atoms with Crippen LogP contribution in [0, 0.1) is 24.1 Å². The van der Waals surface area contributed by atoms with Crippen LogP contribution in [0.2, 0.25) is 0 Å². The van der Waals surface area contributed by atoms with E-state index in [0.717, 1.165) is 0 Å². The van der Waals surface area contributed by atoms with Crippen molar-refractivity contribution in [2.24, 2.45) is 0 Å². The number of pyridine rings is 1. The molecular weight excluding hydrogens is 480 g/mol. The van der Waals surface area contributed by atoms with E-state index in [1.165, 1.54) is 16.9 Å². The molecule has 184 valence electrons. The number of rotatable bonds is 5. The minimum atomic E-state index is -1.07. The molecule has 0 radical (unpaired) electrons. The SMILES string of the molecule is Cc1cc(C#N)nn1-c1nc(-n2cnc3cc(Nc4cccnn4)c(F)cc32)ccc1[C@@H]1C[C@H](F)CO1. The Balaban J connectivity index is 1.44. The fourth-order valence-electron chi connectivity index (χ4n) is 4.37. The van der Waals surface area contributed by atoms with E-state index in [9.17, 15) is 9.65 Å². The van der Waals surface area contributed by atoms with Gasteiger partial charge in [-0.1, -0.05) is 0 Å². The average Bonchev–Trinajstić information content (AvgIpc) is 3.62. The number of hydrogen-bond donors (Lipinski definition) is 1. The lowest BCUT2D eigenvalue weighted by atomic mass is 10.1. The number of aromatic nitrogens is 7.